The molecule has 0 saturated heterocycles. The largest absolute Gasteiger partial charge is 0.135 e. The van der Waals surface area contributed by atoms with Crippen molar-refractivity contribution in [3.05, 3.63) is 121 Å². The smallest absolute Gasteiger partial charge is 0.0355 e. The van der Waals surface area contributed by atoms with E-state index in [9.17, 15) is 0 Å². The van der Waals surface area contributed by atoms with Gasteiger partial charge in [0, 0.05) is 20.2 Å². The van der Waals surface area contributed by atoms with Crippen LogP contribution in [0.4, 0.5) is 0 Å². The van der Waals surface area contributed by atoms with E-state index >= 15 is 0 Å². The highest BCUT2D eigenvalue weighted by molar-refractivity contribution is 7.25. The van der Waals surface area contributed by atoms with Gasteiger partial charge >= 0.3 is 0 Å². The predicted octanol–water partition coefficient (Wildman–Crippen LogP) is 9.62. The molecule has 1 aromatic heterocycles. The summed E-state index contributed by atoms with van der Waals surface area (Å²) in [5.74, 6) is 0. The Kier molecular flexibility index (Phi) is 5.05. The molecule has 1 heteroatoms. The molecule has 158 valence electrons. The van der Waals surface area contributed by atoms with Gasteiger partial charge in [0.15, 0.2) is 0 Å². The molecule has 0 nitrogen and oxygen atoms in total. The molecule has 0 fully saturated rings. The molecule has 0 aliphatic rings. The fourth-order valence-electron chi connectivity index (χ4n) is 4.55. The lowest BCUT2D eigenvalue weighted by Crippen LogP contribution is -1.83. The first kappa shape index (κ1) is 20.0. The van der Waals surface area contributed by atoms with Gasteiger partial charge in [-0.15, -0.1) is 11.3 Å². The summed E-state index contributed by atoms with van der Waals surface area (Å²) in [7, 11) is 0. The predicted molar refractivity (Wildman–Crippen MR) is 145 cm³/mol. The zero-order valence-electron chi connectivity index (χ0n) is 18.6. The van der Waals surface area contributed by atoms with Gasteiger partial charge in [0.1, 0.15) is 0 Å². The molecular weight excluding hydrogens is 416 g/mol. The van der Waals surface area contributed by atoms with Crippen molar-refractivity contribution in [1.82, 2.24) is 0 Å². The molecule has 0 spiro atoms. The van der Waals surface area contributed by atoms with Crippen LogP contribution < -0.4 is 0 Å². The van der Waals surface area contributed by atoms with Crippen molar-refractivity contribution in [2.45, 2.75) is 13.3 Å². The second-order valence-electron chi connectivity index (χ2n) is 8.51. The molecule has 1 heterocycles. The van der Waals surface area contributed by atoms with Crippen LogP contribution in [-0.4, -0.2) is 0 Å². The Hall–Kier alpha value is -3.68. The number of aryl methyl sites for hydroxylation is 1. The molecule has 0 atom stereocenters. The second kappa shape index (κ2) is 8.35. The Labute approximate surface area is 198 Å². The minimum atomic E-state index is 1.08. The van der Waals surface area contributed by atoms with E-state index < -0.39 is 0 Å². The first-order valence-electron chi connectivity index (χ1n) is 11.5. The third kappa shape index (κ3) is 3.75. The maximum Gasteiger partial charge on any atom is 0.0355 e. The van der Waals surface area contributed by atoms with Crippen molar-refractivity contribution < 1.29 is 0 Å². The average Bonchev–Trinajstić information content (AvgIpc) is 3.27. The van der Waals surface area contributed by atoms with Crippen molar-refractivity contribution in [3.63, 3.8) is 0 Å². The lowest BCUT2D eigenvalue weighted by Gasteiger charge is -2.08. The van der Waals surface area contributed by atoms with Gasteiger partial charge in [0.05, 0.1) is 0 Å². The summed E-state index contributed by atoms with van der Waals surface area (Å²) in [6, 6.07) is 42.2. The first-order valence-corrected chi connectivity index (χ1v) is 12.3. The number of fused-ring (bicyclic) bond motifs is 3. The van der Waals surface area contributed by atoms with Crippen LogP contribution in [0.3, 0.4) is 0 Å². The normalized spacial score (nSPS) is 11.3. The zero-order chi connectivity index (χ0) is 22.2. The summed E-state index contributed by atoms with van der Waals surface area (Å²) < 4.78 is 2.70. The van der Waals surface area contributed by atoms with Gasteiger partial charge in [-0.2, -0.15) is 0 Å². The van der Waals surface area contributed by atoms with E-state index in [4.69, 9.17) is 0 Å². The molecule has 0 aliphatic heterocycles. The summed E-state index contributed by atoms with van der Waals surface area (Å²) >= 11 is 1.87. The van der Waals surface area contributed by atoms with Gasteiger partial charge in [-0.3, -0.25) is 0 Å². The van der Waals surface area contributed by atoms with Crippen molar-refractivity contribution in [2.24, 2.45) is 0 Å². The van der Waals surface area contributed by atoms with Crippen LogP contribution >= 0.6 is 11.3 Å². The van der Waals surface area contributed by atoms with Crippen LogP contribution in [0.15, 0.2) is 115 Å². The highest BCUT2D eigenvalue weighted by Gasteiger charge is 2.07. The first-order chi connectivity index (χ1) is 16.3. The highest BCUT2D eigenvalue weighted by Crippen LogP contribution is 2.36. The van der Waals surface area contributed by atoms with E-state index in [-0.39, 0.29) is 0 Å². The van der Waals surface area contributed by atoms with E-state index in [1.807, 2.05) is 11.3 Å². The Bertz CT molecular complexity index is 1550. The third-order valence-electron chi connectivity index (χ3n) is 6.51. The standard InChI is InChI=1S/C32H24S/c1-2-22-7-9-23(10-8-22)24-11-13-25(14-12-24)26-15-17-27(18-16-26)28-19-20-32-30(21-28)29-5-3-4-6-31(29)33-32/h3-21H,2H2,1H3. The number of hydrogen-bond acceptors (Lipinski definition) is 1. The maximum absolute atomic E-state index is 2.34. The quantitative estimate of drug-likeness (QED) is 0.256. The molecule has 0 unspecified atom stereocenters. The summed E-state index contributed by atoms with van der Waals surface area (Å²) in [4.78, 5) is 0. The Morgan fingerprint density at radius 1 is 0.455 bits per heavy atom. The lowest BCUT2D eigenvalue weighted by atomic mass is 9.97. The number of benzene rings is 5. The number of thiophene rings is 1. The van der Waals surface area contributed by atoms with Crippen molar-refractivity contribution >= 4 is 31.5 Å². The summed E-state index contributed by atoms with van der Waals surface area (Å²) in [6.45, 7) is 2.19. The van der Waals surface area contributed by atoms with Gasteiger partial charge in [0.2, 0.25) is 0 Å². The van der Waals surface area contributed by atoms with Gasteiger partial charge in [0.25, 0.3) is 0 Å². The zero-order valence-corrected chi connectivity index (χ0v) is 19.4. The number of rotatable bonds is 4. The monoisotopic (exact) mass is 440 g/mol. The number of hydrogen-bond donors (Lipinski definition) is 0. The Morgan fingerprint density at radius 3 is 1.48 bits per heavy atom. The molecule has 33 heavy (non-hydrogen) atoms. The molecule has 0 N–H and O–H groups in total. The van der Waals surface area contributed by atoms with Crippen molar-refractivity contribution in [1.29, 1.82) is 0 Å². The van der Waals surface area contributed by atoms with Crippen LogP contribution in [0, 0.1) is 0 Å². The molecule has 5 aromatic carbocycles. The van der Waals surface area contributed by atoms with E-state index in [0.717, 1.165) is 6.42 Å². The molecular formula is C32H24S. The average molecular weight is 441 g/mol. The van der Waals surface area contributed by atoms with E-state index in [1.165, 1.54) is 59.1 Å². The van der Waals surface area contributed by atoms with E-state index in [1.54, 1.807) is 0 Å². The fourth-order valence-corrected chi connectivity index (χ4v) is 5.64. The maximum atomic E-state index is 2.34. The van der Waals surface area contributed by atoms with Gasteiger partial charge in [-0.25, -0.2) is 0 Å². The van der Waals surface area contributed by atoms with E-state index in [2.05, 4.69) is 122 Å². The molecule has 0 amide bonds. The van der Waals surface area contributed by atoms with Crippen molar-refractivity contribution in [2.75, 3.05) is 0 Å². The minimum absolute atomic E-state index is 1.08. The molecule has 0 radical (unpaired) electrons. The van der Waals surface area contributed by atoms with Gasteiger partial charge < -0.3 is 0 Å². The van der Waals surface area contributed by atoms with Crippen molar-refractivity contribution in [3.8, 4) is 33.4 Å². The van der Waals surface area contributed by atoms with E-state index in [0.29, 0.717) is 0 Å². The van der Waals surface area contributed by atoms with Gasteiger partial charge in [-0.05, 0) is 63.6 Å². The van der Waals surface area contributed by atoms with Gasteiger partial charge in [-0.1, -0.05) is 104 Å². The van der Waals surface area contributed by atoms with Crippen LogP contribution in [0.25, 0.3) is 53.6 Å². The van der Waals surface area contributed by atoms with Crippen LogP contribution in [0.2, 0.25) is 0 Å². The molecule has 6 rings (SSSR count). The molecule has 0 saturated carbocycles. The summed E-state index contributed by atoms with van der Waals surface area (Å²) in [6.07, 6.45) is 1.08. The third-order valence-corrected chi connectivity index (χ3v) is 7.66. The highest BCUT2D eigenvalue weighted by atomic mass is 32.1. The second-order valence-corrected chi connectivity index (χ2v) is 9.60. The van der Waals surface area contributed by atoms with Crippen LogP contribution in [0.1, 0.15) is 12.5 Å². The summed E-state index contributed by atoms with van der Waals surface area (Å²) in [5, 5.41) is 2.69. The molecule has 0 aliphatic carbocycles. The minimum Gasteiger partial charge on any atom is -0.135 e. The topological polar surface area (TPSA) is 0 Å². The molecule has 0 bridgehead atoms. The molecule has 6 aromatic rings. The lowest BCUT2D eigenvalue weighted by molar-refractivity contribution is 1.14. The van der Waals surface area contributed by atoms with Crippen LogP contribution in [-0.2, 0) is 6.42 Å². The Morgan fingerprint density at radius 2 is 0.909 bits per heavy atom. The van der Waals surface area contributed by atoms with Crippen LogP contribution in [0.5, 0.6) is 0 Å². The fraction of sp³-hybridized carbons (Fsp3) is 0.0625. The summed E-state index contributed by atoms with van der Waals surface area (Å²) in [5.41, 5.74) is 8.91. The SMILES string of the molecule is CCc1ccc(-c2ccc(-c3ccc(-c4ccc5sc6ccccc6c5c4)cc3)cc2)cc1. The Balaban J connectivity index is 1.28.